The van der Waals surface area contributed by atoms with Crippen LogP contribution in [0.15, 0.2) is 41.3 Å². The van der Waals surface area contributed by atoms with Crippen molar-refractivity contribution in [2.45, 2.75) is 44.3 Å². The molecule has 1 N–H and O–H groups in total. The highest BCUT2D eigenvalue weighted by Gasteiger charge is 2.22. The Morgan fingerprint density at radius 2 is 1.79 bits per heavy atom. The normalized spacial score (nSPS) is 21.1. The summed E-state index contributed by atoms with van der Waals surface area (Å²) in [5.41, 5.74) is 0. The zero-order chi connectivity index (χ0) is 20.1. The van der Waals surface area contributed by atoms with Crippen molar-refractivity contribution in [3.63, 3.8) is 0 Å². The van der Waals surface area contributed by atoms with Crippen LogP contribution < -0.4 is 9.46 Å². The third kappa shape index (κ3) is 5.03. The number of sulfonamides is 1. The number of hydrogen-bond acceptors (Lipinski definition) is 5. The molecule has 2 aromatic rings. The Morgan fingerprint density at radius 1 is 1.11 bits per heavy atom. The summed E-state index contributed by atoms with van der Waals surface area (Å²) in [5.74, 6) is 0.701. The minimum Gasteiger partial charge on any atom is -0.493 e. The van der Waals surface area contributed by atoms with Crippen LogP contribution in [0.2, 0.25) is 0 Å². The highest BCUT2D eigenvalue weighted by Crippen LogP contribution is 2.31. The largest absolute Gasteiger partial charge is 0.493 e. The van der Waals surface area contributed by atoms with Gasteiger partial charge in [0.25, 0.3) is 0 Å². The van der Waals surface area contributed by atoms with Crippen molar-refractivity contribution in [3.05, 3.63) is 36.4 Å². The summed E-state index contributed by atoms with van der Waals surface area (Å²) in [6.07, 6.45) is 1.19. The van der Waals surface area contributed by atoms with Crippen LogP contribution in [0.1, 0.15) is 27.2 Å². The fourth-order valence-corrected chi connectivity index (χ4v) is 5.10. The molecule has 6 nitrogen and oxygen atoms in total. The van der Waals surface area contributed by atoms with E-state index >= 15 is 0 Å². The Morgan fingerprint density at radius 3 is 2.46 bits per heavy atom. The second kappa shape index (κ2) is 9.22. The zero-order valence-corrected chi connectivity index (χ0v) is 17.7. The Kier molecular flexibility index (Phi) is 6.93. The molecule has 0 aromatic heterocycles. The van der Waals surface area contributed by atoms with Gasteiger partial charge >= 0.3 is 0 Å². The van der Waals surface area contributed by atoms with Gasteiger partial charge < -0.3 is 9.47 Å². The average Bonchev–Trinajstić information content (AvgIpc) is 2.65. The summed E-state index contributed by atoms with van der Waals surface area (Å²) >= 11 is 0. The summed E-state index contributed by atoms with van der Waals surface area (Å²) in [7, 11) is -3.59. The van der Waals surface area contributed by atoms with Gasteiger partial charge in [-0.3, -0.25) is 4.90 Å². The lowest BCUT2D eigenvalue weighted by Gasteiger charge is -2.35. The maximum Gasteiger partial charge on any atom is 0.241 e. The first kappa shape index (κ1) is 21.0. The molecule has 7 heteroatoms. The topological polar surface area (TPSA) is 67.9 Å². The van der Waals surface area contributed by atoms with Crippen molar-refractivity contribution >= 4 is 20.8 Å². The van der Waals surface area contributed by atoms with Gasteiger partial charge in [-0.25, -0.2) is 13.1 Å². The Bertz CT molecular complexity index is 890. The third-order valence-corrected chi connectivity index (χ3v) is 6.39. The van der Waals surface area contributed by atoms with Crippen LogP contribution in [0.4, 0.5) is 0 Å². The van der Waals surface area contributed by atoms with E-state index in [-0.39, 0.29) is 12.2 Å². The predicted molar refractivity (Wildman–Crippen MR) is 111 cm³/mol. The van der Waals surface area contributed by atoms with Crippen molar-refractivity contribution in [3.8, 4) is 5.75 Å². The number of nitrogens with one attached hydrogen (secondary N) is 1. The molecule has 0 bridgehead atoms. The fourth-order valence-electron chi connectivity index (χ4n) is 3.81. The van der Waals surface area contributed by atoms with Gasteiger partial charge in [0.2, 0.25) is 10.0 Å². The van der Waals surface area contributed by atoms with E-state index in [1.54, 1.807) is 12.1 Å². The van der Waals surface area contributed by atoms with E-state index in [2.05, 4.69) is 23.5 Å². The van der Waals surface area contributed by atoms with Crippen LogP contribution in [0, 0.1) is 0 Å². The average molecular weight is 407 g/mol. The second-order valence-electron chi connectivity index (χ2n) is 7.31. The summed E-state index contributed by atoms with van der Waals surface area (Å²) in [4.78, 5) is 2.62. The molecule has 2 aromatic carbocycles. The maximum atomic E-state index is 12.9. The molecule has 28 heavy (non-hydrogen) atoms. The van der Waals surface area contributed by atoms with Crippen LogP contribution >= 0.6 is 0 Å². The Hall–Kier alpha value is -1.67. The summed E-state index contributed by atoms with van der Waals surface area (Å²) in [5, 5.41) is 1.49. The first-order valence-electron chi connectivity index (χ1n) is 9.92. The first-order chi connectivity index (χ1) is 13.4. The molecular weight excluding hydrogens is 376 g/mol. The molecule has 2 atom stereocenters. The van der Waals surface area contributed by atoms with E-state index in [9.17, 15) is 8.42 Å². The zero-order valence-electron chi connectivity index (χ0n) is 16.8. The van der Waals surface area contributed by atoms with Crippen molar-refractivity contribution in [2.75, 3.05) is 32.8 Å². The number of fused-ring (bicyclic) bond motifs is 1. The third-order valence-electron chi connectivity index (χ3n) is 4.87. The van der Waals surface area contributed by atoms with E-state index in [4.69, 9.17) is 9.47 Å². The van der Waals surface area contributed by atoms with Crippen LogP contribution in [0.5, 0.6) is 5.75 Å². The Balaban J connectivity index is 1.66. The van der Waals surface area contributed by atoms with E-state index in [0.717, 1.165) is 31.4 Å². The quantitative estimate of drug-likeness (QED) is 0.683. The van der Waals surface area contributed by atoms with Crippen molar-refractivity contribution < 1.29 is 17.9 Å². The van der Waals surface area contributed by atoms with Gasteiger partial charge in [-0.05, 0) is 45.9 Å². The van der Waals surface area contributed by atoms with Crippen molar-refractivity contribution in [1.82, 2.24) is 9.62 Å². The van der Waals surface area contributed by atoms with E-state index in [1.807, 2.05) is 31.2 Å². The molecule has 0 amide bonds. The molecule has 1 heterocycles. The number of morpholine rings is 1. The molecule has 0 spiro atoms. The molecule has 0 unspecified atom stereocenters. The van der Waals surface area contributed by atoms with Gasteiger partial charge in [-0.15, -0.1) is 0 Å². The molecule has 1 aliphatic heterocycles. The number of ether oxygens (including phenoxy) is 2. The van der Waals surface area contributed by atoms with Crippen molar-refractivity contribution in [2.24, 2.45) is 0 Å². The maximum absolute atomic E-state index is 12.9. The smallest absolute Gasteiger partial charge is 0.241 e. The number of rotatable bonds is 8. The van der Waals surface area contributed by atoms with Gasteiger partial charge in [0.05, 0.1) is 23.7 Å². The number of nitrogens with zero attached hydrogens (tertiary/aromatic N) is 1. The lowest BCUT2D eigenvalue weighted by Crippen LogP contribution is -2.46. The van der Waals surface area contributed by atoms with Gasteiger partial charge in [0, 0.05) is 30.4 Å². The highest BCUT2D eigenvalue weighted by molar-refractivity contribution is 7.89. The van der Waals surface area contributed by atoms with E-state index < -0.39 is 10.0 Å². The molecule has 0 radical (unpaired) electrons. The Labute approximate surface area is 167 Å². The minimum atomic E-state index is -3.59. The molecule has 154 valence electrons. The standard InChI is InChI=1S/C21H30N2O4S/c1-4-26-20-10-11-21(19-9-6-5-8-18(19)20)28(24,25)22-12-7-13-23-14-16(2)27-17(3)15-23/h5-6,8-11,16-17,22H,4,7,12-15H2,1-3H3/t16-,17-/m1/s1. The number of benzene rings is 2. The van der Waals surface area contributed by atoms with Crippen LogP contribution in [0.25, 0.3) is 10.8 Å². The van der Waals surface area contributed by atoms with E-state index in [1.165, 1.54) is 0 Å². The lowest BCUT2D eigenvalue weighted by atomic mass is 10.1. The van der Waals surface area contributed by atoms with Crippen LogP contribution in [-0.2, 0) is 14.8 Å². The molecule has 1 fully saturated rings. The fraction of sp³-hybridized carbons (Fsp3) is 0.524. The SMILES string of the molecule is CCOc1ccc(S(=O)(=O)NCCCN2C[C@@H](C)O[C@H](C)C2)c2ccccc12. The molecule has 3 rings (SSSR count). The lowest BCUT2D eigenvalue weighted by molar-refractivity contribution is -0.0679. The monoisotopic (exact) mass is 406 g/mol. The molecular formula is C21H30N2O4S. The molecule has 1 saturated heterocycles. The highest BCUT2D eigenvalue weighted by atomic mass is 32.2. The number of hydrogen-bond donors (Lipinski definition) is 1. The first-order valence-corrected chi connectivity index (χ1v) is 11.4. The molecule has 0 saturated carbocycles. The molecule has 1 aliphatic rings. The summed E-state index contributed by atoms with van der Waals surface area (Å²) in [6, 6.07) is 10.8. The van der Waals surface area contributed by atoms with Gasteiger partial charge in [0.15, 0.2) is 0 Å². The summed E-state index contributed by atoms with van der Waals surface area (Å²) in [6.45, 7) is 9.63. The van der Waals surface area contributed by atoms with Crippen LogP contribution in [0.3, 0.4) is 0 Å². The van der Waals surface area contributed by atoms with Gasteiger partial charge in [-0.1, -0.05) is 24.3 Å². The minimum absolute atomic E-state index is 0.218. The van der Waals surface area contributed by atoms with Crippen LogP contribution in [-0.4, -0.2) is 58.3 Å². The summed E-state index contributed by atoms with van der Waals surface area (Å²) < 4.78 is 39.9. The second-order valence-corrected chi connectivity index (χ2v) is 9.04. The van der Waals surface area contributed by atoms with Crippen molar-refractivity contribution in [1.29, 1.82) is 0 Å². The predicted octanol–water partition coefficient (Wildman–Crippen LogP) is 3.02. The molecule has 0 aliphatic carbocycles. The van der Waals surface area contributed by atoms with Gasteiger partial charge in [-0.2, -0.15) is 0 Å². The van der Waals surface area contributed by atoms with Gasteiger partial charge in [0.1, 0.15) is 5.75 Å². The van der Waals surface area contributed by atoms with E-state index in [0.29, 0.717) is 29.2 Å².